The van der Waals surface area contributed by atoms with Crippen LogP contribution < -0.4 is 10.7 Å². The smallest absolute Gasteiger partial charge is 0.253 e. The molecule has 2 rings (SSSR count). The lowest BCUT2D eigenvalue weighted by atomic mass is 10.3. The number of aromatic nitrogens is 3. The zero-order valence-electron chi connectivity index (χ0n) is 7.32. The van der Waals surface area contributed by atoms with E-state index in [9.17, 15) is 13.6 Å². The fourth-order valence-electron chi connectivity index (χ4n) is 1.12. The number of hydrogen-bond acceptors (Lipinski definition) is 6. The van der Waals surface area contributed by atoms with Gasteiger partial charge in [0, 0.05) is 0 Å². The summed E-state index contributed by atoms with van der Waals surface area (Å²) >= 11 is 0. The van der Waals surface area contributed by atoms with Crippen LogP contribution in [0, 0.1) is 0 Å². The summed E-state index contributed by atoms with van der Waals surface area (Å²) in [5.74, 6) is 4.86. The molecule has 2 aromatic rings. The van der Waals surface area contributed by atoms with E-state index in [1.54, 1.807) is 4.83 Å². The number of nitrogens with two attached hydrogens (primary N) is 1. The van der Waals surface area contributed by atoms with Gasteiger partial charge >= 0.3 is 0 Å². The zero-order chi connectivity index (χ0) is 11.1. The van der Waals surface area contributed by atoms with Crippen LogP contribution in [0.2, 0.25) is 0 Å². The van der Waals surface area contributed by atoms with Gasteiger partial charge in [0.25, 0.3) is 10.0 Å². The topological polar surface area (TPSA) is 123 Å². The number of benzene rings is 1. The normalized spacial score (nSPS) is 12.1. The summed E-state index contributed by atoms with van der Waals surface area (Å²) in [6, 6.07) is 3.94. The molecule has 0 amide bonds. The minimum atomic E-state index is -3.74. The summed E-state index contributed by atoms with van der Waals surface area (Å²) in [5, 5.41) is 16.1. The molecule has 0 bridgehead atoms. The van der Waals surface area contributed by atoms with Crippen molar-refractivity contribution in [1.82, 2.24) is 20.0 Å². The Balaban J connectivity index is 2.70. The van der Waals surface area contributed by atoms with Gasteiger partial charge in [0.05, 0.1) is 4.90 Å². The van der Waals surface area contributed by atoms with Gasteiger partial charge in [-0.1, -0.05) is 4.85 Å². The summed E-state index contributed by atoms with van der Waals surface area (Å²) in [6.07, 6.45) is 0. The number of hydrazine groups is 1. The van der Waals surface area contributed by atoms with E-state index >= 15 is 0 Å². The van der Waals surface area contributed by atoms with Crippen LogP contribution in [0.15, 0.2) is 23.1 Å². The summed E-state index contributed by atoms with van der Waals surface area (Å²) in [5.41, 5.74) is 0.569. The molecule has 0 saturated carbocycles. The van der Waals surface area contributed by atoms with Crippen molar-refractivity contribution in [1.29, 1.82) is 0 Å². The van der Waals surface area contributed by atoms with E-state index in [2.05, 4.69) is 10.3 Å². The van der Waals surface area contributed by atoms with Crippen molar-refractivity contribution in [2.24, 2.45) is 5.84 Å². The van der Waals surface area contributed by atoms with Crippen molar-refractivity contribution < 1.29 is 13.6 Å². The van der Waals surface area contributed by atoms with E-state index in [-0.39, 0.29) is 10.4 Å². The Morgan fingerprint density at radius 1 is 1.47 bits per heavy atom. The van der Waals surface area contributed by atoms with Crippen molar-refractivity contribution >= 4 is 21.1 Å². The molecule has 0 unspecified atom stereocenters. The van der Waals surface area contributed by atoms with Gasteiger partial charge in [-0.2, -0.15) is 4.83 Å². The Morgan fingerprint density at radius 3 is 2.87 bits per heavy atom. The Labute approximate surface area is 84.3 Å². The maximum absolute atomic E-state index is 11.3. The first-order chi connectivity index (χ1) is 7.04. The molecule has 0 atom stereocenters. The Hall–Kier alpha value is -1.71. The van der Waals surface area contributed by atoms with Gasteiger partial charge in [0.1, 0.15) is 11.0 Å². The van der Waals surface area contributed by atoms with Crippen LogP contribution >= 0.6 is 0 Å². The van der Waals surface area contributed by atoms with Gasteiger partial charge < -0.3 is 5.21 Å². The monoisotopic (exact) mass is 229 g/mol. The molecule has 0 aliphatic heterocycles. The molecule has 0 saturated heterocycles. The van der Waals surface area contributed by atoms with E-state index in [1.807, 2.05) is 0 Å². The average Bonchev–Trinajstić information content (AvgIpc) is 2.60. The molecular weight excluding hydrogens is 222 g/mol. The van der Waals surface area contributed by atoms with Gasteiger partial charge in [-0.25, -0.2) is 8.42 Å². The van der Waals surface area contributed by atoms with E-state index in [4.69, 9.17) is 5.84 Å². The second-order valence-corrected chi connectivity index (χ2v) is 4.46. The summed E-state index contributed by atoms with van der Waals surface area (Å²) in [6.45, 7) is 0. The second kappa shape index (κ2) is 3.15. The lowest BCUT2D eigenvalue weighted by Crippen LogP contribution is -2.30. The molecule has 0 fully saturated rings. The predicted molar refractivity (Wildman–Crippen MR) is 49.2 cm³/mol. The first-order valence-electron chi connectivity index (χ1n) is 3.82. The Bertz CT molecular complexity index is 604. The highest BCUT2D eigenvalue weighted by molar-refractivity contribution is 7.89. The fourth-order valence-corrected chi connectivity index (χ4v) is 1.77. The third kappa shape index (κ3) is 1.52. The van der Waals surface area contributed by atoms with Crippen molar-refractivity contribution in [2.75, 3.05) is 0 Å². The number of rotatable bonds is 2. The molecule has 1 aromatic carbocycles. The SMILES string of the molecule is NNS(=O)(=O)c1ccc2nnn(O)c2c1. The molecule has 4 N–H and O–H groups in total. The fraction of sp³-hybridized carbons (Fsp3) is 0. The average molecular weight is 229 g/mol. The van der Waals surface area contributed by atoms with Crippen molar-refractivity contribution in [3.63, 3.8) is 0 Å². The Morgan fingerprint density at radius 2 is 2.20 bits per heavy atom. The molecule has 1 aromatic heterocycles. The molecule has 15 heavy (non-hydrogen) atoms. The van der Waals surface area contributed by atoms with Crippen molar-refractivity contribution in [3.05, 3.63) is 18.2 Å². The maximum Gasteiger partial charge on any atom is 0.253 e. The lowest BCUT2D eigenvalue weighted by Gasteiger charge is -2.01. The van der Waals surface area contributed by atoms with E-state index < -0.39 is 10.0 Å². The molecule has 0 radical (unpaired) electrons. The standard InChI is InChI=1S/C6H7N5O3S/c7-9-15(13,14)4-1-2-5-6(3-4)11(12)10-8-5/h1-3,9,12H,7H2. The van der Waals surface area contributed by atoms with Gasteiger partial charge in [0.2, 0.25) is 0 Å². The van der Waals surface area contributed by atoms with Crippen molar-refractivity contribution in [3.8, 4) is 0 Å². The maximum atomic E-state index is 11.3. The van der Waals surface area contributed by atoms with Crippen LogP contribution in [0.4, 0.5) is 0 Å². The number of sulfonamides is 1. The zero-order valence-corrected chi connectivity index (χ0v) is 8.14. The molecule has 0 aliphatic rings. The number of nitrogens with one attached hydrogen (secondary N) is 1. The van der Waals surface area contributed by atoms with Crippen LogP contribution in [-0.4, -0.2) is 28.8 Å². The predicted octanol–water partition coefficient (Wildman–Crippen LogP) is -1.18. The molecule has 80 valence electrons. The van der Waals surface area contributed by atoms with Gasteiger partial charge in [-0.15, -0.1) is 5.10 Å². The molecule has 0 spiro atoms. The Kier molecular flexibility index (Phi) is 2.07. The first kappa shape index (κ1) is 9.83. The van der Waals surface area contributed by atoms with Gasteiger partial charge in [0.15, 0.2) is 0 Å². The molecule has 8 nitrogen and oxygen atoms in total. The van der Waals surface area contributed by atoms with Crippen LogP contribution in [0.5, 0.6) is 0 Å². The van der Waals surface area contributed by atoms with Crippen molar-refractivity contribution in [2.45, 2.75) is 4.90 Å². The van der Waals surface area contributed by atoms with Crippen LogP contribution in [0.3, 0.4) is 0 Å². The van der Waals surface area contributed by atoms with E-state index in [0.29, 0.717) is 10.4 Å². The largest absolute Gasteiger partial charge is 0.410 e. The molecule has 9 heteroatoms. The van der Waals surface area contributed by atoms with Gasteiger partial charge in [-0.05, 0) is 23.4 Å². The summed E-state index contributed by atoms with van der Waals surface area (Å²) in [4.78, 5) is 2.09. The number of hydrogen-bond donors (Lipinski definition) is 3. The third-order valence-corrected chi connectivity index (χ3v) is 3.05. The first-order valence-corrected chi connectivity index (χ1v) is 5.30. The van der Waals surface area contributed by atoms with E-state index in [1.165, 1.54) is 18.2 Å². The van der Waals surface area contributed by atoms with Crippen LogP contribution in [0.1, 0.15) is 0 Å². The minimum absolute atomic E-state index is 0.0740. The number of fused-ring (bicyclic) bond motifs is 1. The molecule has 1 heterocycles. The van der Waals surface area contributed by atoms with E-state index in [0.717, 1.165) is 0 Å². The van der Waals surface area contributed by atoms with Crippen LogP contribution in [-0.2, 0) is 10.0 Å². The van der Waals surface area contributed by atoms with Crippen LogP contribution in [0.25, 0.3) is 11.0 Å². The summed E-state index contributed by atoms with van der Waals surface area (Å²) < 4.78 is 22.6. The molecule has 0 aliphatic carbocycles. The summed E-state index contributed by atoms with van der Waals surface area (Å²) in [7, 11) is -3.74. The second-order valence-electron chi connectivity index (χ2n) is 2.75. The van der Waals surface area contributed by atoms with Gasteiger partial charge in [-0.3, -0.25) is 5.84 Å². The quantitative estimate of drug-likeness (QED) is 0.338. The highest BCUT2D eigenvalue weighted by Gasteiger charge is 2.14. The minimum Gasteiger partial charge on any atom is -0.410 e. The highest BCUT2D eigenvalue weighted by Crippen LogP contribution is 2.15. The third-order valence-electron chi connectivity index (χ3n) is 1.86. The lowest BCUT2D eigenvalue weighted by molar-refractivity contribution is 0.154. The molecular formula is C6H7N5O3S. The number of nitrogens with zero attached hydrogens (tertiary/aromatic N) is 3. The highest BCUT2D eigenvalue weighted by atomic mass is 32.2.